The van der Waals surface area contributed by atoms with Gasteiger partial charge in [0.15, 0.2) is 0 Å². The molecule has 0 heterocycles. The van der Waals surface area contributed by atoms with Gasteiger partial charge in [0.25, 0.3) is 0 Å². The van der Waals surface area contributed by atoms with Gasteiger partial charge >= 0.3 is 12.1 Å². The third-order valence-corrected chi connectivity index (χ3v) is 3.64. The number of ether oxygens (including phenoxy) is 2. The highest BCUT2D eigenvalue weighted by Gasteiger charge is 2.21. The normalized spacial score (nSPS) is 12.1. The highest BCUT2D eigenvalue weighted by atomic mass is 16.6. The summed E-state index contributed by atoms with van der Waals surface area (Å²) in [5.74, 6) is -0.490. The molecule has 0 radical (unpaired) electrons. The van der Waals surface area contributed by atoms with Gasteiger partial charge in [-0.15, -0.1) is 0 Å². The lowest BCUT2D eigenvalue weighted by molar-refractivity contribution is -0.139. The van der Waals surface area contributed by atoms with Crippen molar-refractivity contribution < 1.29 is 24.2 Å². The van der Waals surface area contributed by atoms with Crippen LogP contribution in [0.15, 0.2) is 54.6 Å². The van der Waals surface area contributed by atoms with Crippen molar-refractivity contribution in [1.82, 2.24) is 5.32 Å². The maximum atomic E-state index is 11.7. The number of nitrogens with one attached hydrogen (secondary N) is 1. The molecular weight excluding hydrogens is 346 g/mol. The number of aliphatic carboxylic acids is 1. The Morgan fingerprint density at radius 2 is 1.70 bits per heavy atom. The van der Waals surface area contributed by atoms with Gasteiger partial charge in [-0.05, 0) is 57.0 Å². The van der Waals surface area contributed by atoms with Gasteiger partial charge in [-0.1, -0.05) is 30.3 Å². The van der Waals surface area contributed by atoms with E-state index >= 15 is 0 Å². The summed E-state index contributed by atoms with van der Waals surface area (Å²) < 4.78 is 10.9. The van der Waals surface area contributed by atoms with Crippen LogP contribution in [0.1, 0.15) is 38.7 Å². The quantitative estimate of drug-likeness (QED) is 0.745. The summed E-state index contributed by atoms with van der Waals surface area (Å²) in [4.78, 5) is 23.4. The Balaban J connectivity index is 2.00. The zero-order chi connectivity index (χ0) is 19.9. The number of para-hydroxylation sites is 1. The maximum absolute atomic E-state index is 11.7. The van der Waals surface area contributed by atoms with Crippen LogP contribution in [0.4, 0.5) is 4.79 Å². The molecule has 2 N–H and O–H groups in total. The van der Waals surface area contributed by atoms with E-state index in [1.54, 1.807) is 45.0 Å². The number of carbonyl (C=O) groups is 2. The van der Waals surface area contributed by atoms with Crippen LogP contribution in [0.5, 0.6) is 11.5 Å². The highest BCUT2D eigenvalue weighted by Crippen LogP contribution is 2.27. The first-order valence-corrected chi connectivity index (χ1v) is 8.77. The molecule has 1 unspecified atom stereocenters. The van der Waals surface area contributed by atoms with E-state index < -0.39 is 23.6 Å². The van der Waals surface area contributed by atoms with Crippen molar-refractivity contribution in [3.8, 4) is 11.5 Å². The standard InChI is InChI=1S/C21H25NO5/c1-21(2,3)27-20(25)22-13-12-18(19(23)24)15-8-7-11-17(14-15)26-16-9-5-4-6-10-16/h4-11,14,18H,12-13H2,1-3H3,(H,22,25)(H,23,24). The summed E-state index contributed by atoms with van der Waals surface area (Å²) in [5, 5.41) is 12.2. The van der Waals surface area contributed by atoms with Gasteiger partial charge in [-0.25, -0.2) is 4.79 Å². The van der Waals surface area contributed by atoms with Gasteiger partial charge < -0.3 is 19.9 Å². The number of hydrogen-bond donors (Lipinski definition) is 2. The van der Waals surface area contributed by atoms with E-state index in [4.69, 9.17) is 9.47 Å². The van der Waals surface area contributed by atoms with Gasteiger partial charge in [0.05, 0.1) is 5.92 Å². The number of carboxylic acids is 1. The summed E-state index contributed by atoms with van der Waals surface area (Å²) in [5.41, 5.74) is 0.0151. The average Bonchev–Trinajstić information content (AvgIpc) is 2.58. The summed E-state index contributed by atoms with van der Waals surface area (Å²) in [6.07, 6.45) is -0.323. The van der Waals surface area contributed by atoms with Crippen LogP contribution in [-0.2, 0) is 9.53 Å². The fourth-order valence-corrected chi connectivity index (χ4v) is 2.48. The van der Waals surface area contributed by atoms with Crippen LogP contribution in [0.25, 0.3) is 0 Å². The lowest BCUT2D eigenvalue weighted by Gasteiger charge is -2.20. The molecule has 144 valence electrons. The molecule has 6 heteroatoms. The molecule has 0 aliphatic rings. The molecule has 27 heavy (non-hydrogen) atoms. The maximum Gasteiger partial charge on any atom is 0.407 e. The third-order valence-electron chi connectivity index (χ3n) is 3.64. The van der Waals surface area contributed by atoms with Crippen LogP contribution in [0.2, 0.25) is 0 Å². The lowest BCUT2D eigenvalue weighted by atomic mass is 9.95. The van der Waals surface area contributed by atoms with E-state index in [1.807, 2.05) is 30.3 Å². The molecule has 0 spiro atoms. The van der Waals surface area contributed by atoms with E-state index in [1.165, 1.54) is 0 Å². The Kier molecular flexibility index (Phi) is 6.82. The summed E-state index contributed by atoms with van der Waals surface area (Å²) >= 11 is 0. The van der Waals surface area contributed by atoms with Crippen molar-refractivity contribution in [2.45, 2.75) is 38.7 Å². The largest absolute Gasteiger partial charge is 0.481 e. The fraction of sp³-hybridized carbons (Fsp3) is 0.333. The Bertz CT molecular complexity index is 768. The fourth-order valence-electron chi connectivity index (χ4n) is 2.48. The van der Waals surface area contributed by atoms with Crippen molar-refractivity contribution >= 4 is 12.1 Å². The smallest absolute Gasteiger partial charge is 0.407 e. The molecule has 0 saturated carbocycles. The van der Waals surface area contributed by atoms with Crippen molar-refractivity contribution in [3.63, 3.8) is 0 Å². The number of alkyl carbamates (subject to hydrolysis) is 1. The Morgan fingerprint density at radius 3 is 2.33 bits per heavy atom. The highest BCUT2D eigenvalue weighted by molar-refractivity contribution is 5.76. The van der Waals surface area contributed by atoms with Gasteiger partial charge in [-0.2, -0.15) is 0 Å². The topological polar surface area (TPSA) is 84.9 Å². The predicted octanol–water partition coefficient (Wildman–Crippen LogP) is 4.56. The average molecular weight is 371 g/mol. The Hall–Kier alpha value is -3.02. The molecule has 0 aliphatic heterocycles. The molecule has 1 atom stereocenters. The molecule has 6 nitrogen and oxygen atoms in total. The number of benzene rings is 2. The number of carboxylic acid groups (broad SMARTS) is 1. The number of hydrogen-bond acceptors (Lipinski definition) is 4. The minimum Gasteiger partial charge on any atom is -0.481 e. The molecule has 0 aliphatic carbocycles. The second-order valence-electron chi connectivity index (χ2n) is 7.10. The Morgan fingerprint density at radius 1 is 1.04 bits per heavy atom. The van der Waals surface area contributed by atoms with Crippen LogP contribution < -0.4 is 10.1 Å². The first-order valence-electron chi connectivity index (χ1n) is 8.77. The number of carbonyl (C=O) groups excluding carboxylic acids is 1. The molecule has 1 amide bonds. The predicted molar refractivity (Wildman–Crippen MR) is 102 cm³/mol. The monoisotopic (exact) mass is 371 g/mol. The molecule has 0 bridgehead atoms. The van der Waals surface area contributed by atoms with Gasteiger partial charge in [0.1, 0.15) is 17.1 Å². The molecule has 2 rings (SSSR count). The van der Waals surface area contributed by atoms with E-state index in [9.17, 15) is 14.7 Å². The molecule has 0 aromatic heterocycles. The van der Waals surface area contributed by atoms with Crippen molar-refractivity contribution in [2.75, 3.05) is 6.54 Å². The first-order chi connectivity index (χ1) is 12.7. The molecule has 2 aromatic rings. The van der Waals surface area contributed by atoms with E-state index in [2.05, 4.69) is 5.32 Å². The van der Waals surface area contributed by atoms with Crippen molar-refractivity contribution in [3.05, 3.63) is 60.2 Å². The second kappa shape index (κ2) is 9.07. The third kappa shape index (κ3) is 7.01. The molecule has 0 saturated heterocycles. The van der Waals surface area contributed by atoms with Crippen molar-refractivity contribution in [1.29, 1.82) is 0 Å². The van der Waals surface area contributed by atoms with Crippen LogP contribution >= 0.6 is 0 Å². The van der Waals surface area contributed by atoms with E-state index in [0.717, 1.165) is 0 Å². The van der Waals surface area contributed by atoms with Gasteiger partial charge in [0.2, 0.25) is 0 Å². The van der Waals surface area contributed by atoms with E-state index in [0.29, 0.717) is 17.1 Å². The van der Waals surface area contributed by atoms with Crippen LogP contribution in [0, 0.1) is 0 Å². The summed E-state index contributed by atoms with van der Waals surface area (Å²) in [7, 11) is 0. The van der Waals surface area contributed by atoms with Crippen LogP contribution in [-0.4, -0.2) is 29.3 Å². The molecular formula is C21H25NO5. The zero-order valence-corrected chi connectivity index (χ0v) is 15.8. The molecule has 0 fully saturated rings. The number of amides is 1. The molecule has 2 aromatic carbocycles. The second-order valence-corrected chi connectivity index (χ2v) is 7.10. The van der Waals surface area contributed by atoms with Crippen molar-refractivity contribution in [2.24, 2.45) is 0 Å². The first kappa shape index (κ1) is 20.3. The minimum absolute atomic E-state index is 0.190. The summed E-state index contributed by atoms with van der Waals surface area (Å²) in [6, 6.07) is 16.2. The number of rotatable bonds is 7. The minimum atomic E-state index is -0.960. The Labute approximate surface area is 159 Å². The lowest BCUT2D eigenvalue weighted by Crippen LogP contribution is -2.33. The van der Waals surface area contributed by atoms with Gasteiger partial charge in [0, 0.05) is 6.54 Å². The SMILES string of the molecule is CC(C)(C)OC(=O)NCCC(C(=O)O)c1cccc(Oc2ccccc2)c1. The van der Waals surface area contributed by atoms with E-state index in [-0.39, 0.29) is 13.0 Å². The zero-order valence-electron chi connectivity index (χ0n) is 15.8. The van der Waals surface area contributed by atoms with Crippen LogP contribution in [0.3, 0.4) is 0 Å². The summed E-state index contributed by atoms with van der Waals surface area (Å²) in [6.45, 7) is 5.50. The van der Waals surface area contributed by atoms with Gasteiger partial charge in [-0.3, -0.25) is 4.79 Å².